The van der Waals surface area contributed by atoms with E-state index >= 15 is 0 Å². The fraction of sp³-hybridized carbons (Fsp3) is 0.400. The number of rotatable bonds is 2. The molecule has 2 heteroatoms. The van der Waals surface area contributed by atoms with Crippen molar-refractivity contribution < 1.29 is 0 Å². The molecule has 2 atom stereocenters. The molecule has 0 amide bonds. The fourth-order valence-electron chi connectivity index (χ4n) is 2.93. The number of hydrogen-bond donors (Lipinski definition) is 1. The van der Waals surface area contributed by atoms with Gasteiger partial charge in [0.15, 0.2) is 0 Å². The third kappa shape index (κ3) is 2.05. The molecule has 1 aromatic heterocycles. The molecule has 0 aromatic carbocycles. The van der Waals surface area contributed by atoms with Gasteiger partial charge in [-0.25, -0.2) is 0 Å². The Morgan fingerprint density at radius 3 is 3.18 bits per heavy atom. The summed E-state index contributed by atoms with van der Waals surface area (Å²) in [7, 11) is 0. The number of piperidine rings is 1. The van der Waals surface area contributed by atoms with Gasteiger partial charge in [-0.15, -0.1) is 0 Å². The first-order chi connectivity index (χ1) is 8.36. The van der Waals surface area contributed by atoms with Crippen LogP contribution in [-0.2, 0) is 0 Å². The second-order valence-electron chi connectivity index (χ2n) is 4.99. The molecular formula is C15H18N2. The van der Waals surface area contributed by atoms with Crippen LogP contribution in [0.3, 0.4) is 0 Å². The van der Waals surface area contributed by atoms with Crippen molar-refractivity contribution in [1.82, 2.24) is 10.3 Å². The number of nitrogens with zero attached hydrogens (tertiary/aromatic N) is 1. The van der Waals surface area contributed by atoms with Crippen molar-refractivity contribution in [1.29, 1.82) is 0 Å². The fourth-order valence-corrected chi connectivity index (χ4v) is 2.93. The van der Waals surface area contributed by atoms with Crippen molar-refractivity contribution in [2.45, 2.75) is 25.3 Å². The predicted molar refractivity (Wildman–Crippen MR) is 71.4 cm³/mol. The summed E-state index contributed by atoms with van der Waals surface area (Å²) >= 11 is 0. The molecule has 1 saturated heterocycles. The van der Waals surface area contributed by atoms with Crippen LogP contribution in [0.1, 0.15) is 30.4 Å². The second kappa shape index (κ2) is 4.46. The molecule has 3 rings (SSSR count). The highest BCUT2D eigenvalue weighted by atomic mass is 14.9. The molecule has 1 aromatic rings. The molecule has 0 saturated carbocycles. The molecule has 1 aliphatic heterocycles. The van der Waals surface area contributed by atoms with E-state index in [-0.39, 0.29) is 0 Å². The predicted octanol–water partition coefficient (Wildman–Crippen LogP) is 2.88. The van der Waals surface area contributed by atoms with Crippen LogP contribution >= 0.6 is 0 Å². The summed E-state index contributed by atoms with van der Waals surface area (Å²) in [5.41, 5.74) is 3.82. The number of hydrogen-bond acceptors (Lipinski definition) is 2. The molecule has 0 radical (unpaired) electrons. The van der Waals surface area contributed by atoms with Gasteiger partial charge in [0.25, 0.3) is 0 Å². The lowest BCUT2D eigenvalue weighted by Crippen LogP contribution is -2.37. The lowest BCUT2D eigenvalue weighted by Gasteiger charge is -2.25. The van der Waals surface area contributed by atoms with Crippen LogP contribution in [0.2, 0.25) is 0 Å². The molecular weight excluding hydrogens is 208 g/mol. The number of aromatic nitrogens is 1. The second-order valence-corrected chi connectivity index (χ2v) is 4.99. The minimum Gasteiger partial charge on any atom is -0.310 e. The van der Waals surface area contributed by atoms with E-state index in [2.05, 4.69) is 29.0 Å². The Morgan fingerprint density at radius 1 is 1.41 bits per heavy atom. The Morgan fingerprint density at radius 2 is 2.35 bits per heavy atom. The summed E-state index contributed by atoms with van der Waals surface area (Å²) < 4.78 is 0. The maximum absolute atomic E-state index is 4.28. The van der Waals surface area contributed by atoms with Crippen LogP contribution in [0, 0.1) is 5.92 Å². The first kappa shape index (κ1) is 10.7. The third-order valence-electron chi connectivity index (χ3n) is 3.87. The standard InChI is InChI=1S/C15H18N2/c1-2-11-6-14(10-16-9-11)13-7-12-4-3-5-17-15(12)8-13/h2,6,8-10,12,15,17H,1,3-5,7H2/t12-,15+/m1/s1. The summed E-state index contributed by atoms with van der Waals surface area (Å²) in [6, 6.07) is 2.77. The molecule has 1 N–H and O–H groups in total. The van der Waals surface area contributed by atoms with Gasteiger partial charge in [0, 0.05) is 18.4 Å². The summed E-state index contributed by atoms with van der Waals surface area (Å²) in [6.45, 7) is 4.96. The number of nitrogens with one attached hydrogen (secondary N) is 1. The van der Waals surface area contributed by atoms with Crippen LogP contribution in [0.4, 0.5) is 0 Å². The Bertz CT molecular complexity index is 462. The van der Waals surface area contributed by atoms with Crippen LogP contribution in [0.25, 0.3) is 11.6 Å². The van der Waals surface area contributed by atoms with Gasteiger partial charge in [-0.3, -0.25) is 4.98 Å². The zero-order chi connectivity index (χ0) is 11.7. The van der Waals surface area contributed by atoms with E-state index in [9.17, 15) is 0 Å². The average Bonchev–Trinajstić information content (AvgIpc) is 2.82. The Hall–Kier alpha value is -1.41. The van der Waals surface area contributed by atoms with E-state index in [0.717, 1.165) is 18.0 Å². The van der Waals surface area contributed by atoms with Crippen molar-refractivity contribution in [3.8, 4) is 0 Å². The summed E-state index contributed by atoms with van der Waals surface area (Å²) in [5.74, 6) is 0.797. The van der Waals surface area contributed by atoms with Crippen LogP contribution in [0.5, 0.6) is 0 Å². The van der Waals surface area contributed by atoms with E-state index in [1.165, 1.54) is 30.4 Å². The minimum absolute atomic E-state index is 0.589. The van der Waals surface area contributed by atoms with Crippen molar-refractivity contribution in [3.63, 3.8) is 0 Å². The van der Waals surface area contributed by atoms with Gasteiger partial charge in [0.05, 0.1) is 0 Å². The van der Waals surface area contributed by atoms with E-state index in [1.807, 2.05) is 18.5 Å². The molecule has 0 unspecified atom stereocenters. The molecule has 2 nitrogen and oxygen atoms in total. The highest BCUT2D eigenvalue weighted by Crippen LogP contribution is 2.36. The average molecular weight is 226 g/mol. The van der Waals surface area contributed by atoms with Gasteiger partial charge in [-0.1, -0.05) is 18.7 Å². The number of allylic oxidation sites excluding steroid dienone is 1. The smallest absolute Gasteiger partial charge is 0.0343 e. The van der Waals surface area contributed by atoms with Crippen molar-refractivity contribution in [3.05, 3.63) is 42.2 Å². The van der Waals surface area contributed by atoms with E-state index in [4.69, 9.17) is 0 Å². The topological polar surface area (TPSA) is 24.9 Å². The lowest BCUT2D eigenvalue weighted by molar-refractivity contribution is 0.341. The first-order valence-corrected chi connectivity index (χ1v) is 6.39. The Kier molecular flexibility index (Phi) is 2.81. The molecule has 17 heavy (non-hydrogen) atoms. The van der Waals surface area contributed by atoms with Gasteiger partial charge >= 0.3 is 0 Å². The SMILES string of the molecule is C=Cc1cncc(C2=C[C@@H]3NCCC[C@@H]3C2)c1. The first-order valence-electron chi connectivity index (χ1n) is 6.39. The molecule has 1 fully saturated rings. The lowest BCUT2D eigenvalue weighted by atomic mass is 9.92. The molecule has 88 valence electrons. The van der Waals surface area contributed by atoms with Gasteiger partial charge in [0.1, 0.15) is 0 Å². The molecule has 2 aliphatic rings. The van der Waals surface area contributed by atoms with E-state index in [1.54, 1.807) is 0 Å². The van der Waals surface area contributed by atoms with Gasteiger partial charge in [-0.05, 0) is 54.5 Å². The monoisotopic (exact) mass is 226 g/mol. The zero-order valence-corrected chi connectivity index (χ0v) is 10.0. The number of pyridine rings is 1. The minimum atomic E-state index is 0.589. The van der Waals surface area contributed by atoms with Crippen LogP contribution < -0.4 is 5.32 Å². The van der Waals surface area contributed by atoms with Crippen LogP contribution in [0.15, 0.2) is 31.1 Å². The van der Waals surface area contributed by atoms with Crippen LogP contribution in [-0.4, -0.2) is 17.6 Å². The van der Waals surface area contributed by atoms with E-state index in [0.29, 0.717) is 6.04 Å². The Labute approximate surface area is 102 Å². The third-order valence-corrected chi connectivity index (χ3v) is 3.87. The van der Waals surface area contributed by atoms with E-state index < -0.39 is 0 Å². The van der Waals surface area contributed by atoms with Crippen molar-refractivity contribution in [2.75, 3.05) is 6.54 Å². The summed E-state index contributed by atoms with van der Waals surface area (Å²) in [6.07, 6.45) is 11.9. The quantitative estimate of drug-likeness (QED) is 0.838. The Balaban J connectivity index is 1.87. The normalized spacial score (nSPS) is 27.4. The molecule has 2 heterocycles. The largest absolute Gasteiger partial charge is 0.310 e. The van der Waals surface area contributed by atoms with Gasteiger partial charge < -0.3 is 5.32 Å². The molecule has 0 spiro atoms. The van der Waals surface area contributed by atoms with Gasteiger partial charge in [0.2, 0.25) is 0 Å². The molecule has 1 aliphatic carbocycles. The number of fused-ring (bicyclic) bond motifs is 1. The molecule has 0 bridgehead atoms. The zero-order valence-electron chi connectivity index (χ0n) is 10.0. The van der Waals surface area contributed by atoms with Crippen molar-refractivity contribution >= 4 is 11.6 Å². The van der Waals surface area contributed by atoms with Gasteiger partial charge in [-0.2, -0.15) is 0 Å². The highest BCUT2D eigenvalue weighted by molar-refractivity contribution is 5.70. The maximum Gasteiger partial charge on any atom is 0.0343 e. The summed E-state index contributed by atoms with van der Waals surface area (Å²) in [4.78, 5) is 4.28. The summed E-state index contributed by atoms with van der Waals surface area (Å²) in [5, 5.41) is 3.59. The maximum atomic E-state index is 4.28. The van der Waals surface area contributed by atoms with Crippen molar-refractivity contribution in [2.24, 2.45) is 5.92 Å². The highest BCUT2D eigenvalue weighted by Gasteiger charge is 2.29.